The number of piperidine rings is 1. The first-order valence-electron chi connectivity index (χ1n) is 6.69. The summed E-state index contributed by atoms with van der Waals surface area (Å²) in [4.78, 5) is 14.4. The fourth-order valence-electron chi connectivity index (χ4n) is 2.48. The van der Waals surface area contributed by atoms with Crippen molar-refractivity contribution in [3.63, 3.8) is 0 Å². The number of carbonyl (C=O) groups excluding carboxylic acids is 1. The molecule has 1 amide bonds. The summed E-state index contributed by atoms with van der Waals surface area (Å²) < 4.78 is 1.56. The van der Waals surface area contributed by atoms with Crippen LogP contribution in [0.4, 0.5) is 0 Å². The lowest BCUT2D eigenvalue weighted by atomic mass is 10.0. The number of rotatable bonds is 2. The van der Waals surface area contributed by atoms with Crippen LogP contribution in [0.1, 0.15) is 48.7 Å². The van der Waals surface area contributed by atoms with Crippen molar-refractivity contribution in [2.24, 2.45) is 12.8 Å². The van der Waals surface area contributed by atoms with Crippen molar-refractivity contribution in [2.75, 3.05) is 13.1 Å². The quantitative estimate of drug-likeness (QED) is 0.900. The van der Waals surface area contributed by atoms with Crippen molar-refractivity contribution < 1.29 is 4.79 Å². The van der Waals surface area contributed by atoms with Gasteiger partial charge >= 0.3 is 0 Å². The number of aryl methyl sites for hydroxylation is 1. The maximum absolute atomic E-state index is 12.6. The van der Waals surface area contributed by atoms with Gasteiger partial charge in [0.1, 0.15) is 5.15 Å². The third-order valence-corrected chi connectivity index (χ3v) is 3.94. The van der Waals surface area contributed by atoms with Gasteiger partial charge in [0, 0.05) is 26.2 Å². The second kappa shape index (κ2) is 5.51. The zero-order valence-corrected chi connectivity index (χ0v) is 12.4. The first kappa shape index (κ1) is 14.3. The standard InChI is InChI=1S/C13H21ClN4O/c1-8(2)11-10(12(14)17(3)16-11)13(19)18-6-4-5-9(15)7-18/h8-9H,4-7,15H2,1-3H3/t9-/m0/s1. The predicted octanol–water partition coefficient (Wildman–Crippen LogP) is 1.76. The van der Waals surface area contributed by atoms with Crippen molar-refractivity contribution in [1.29, 1.82) is 0 Å². The number of hydrogen-bond donors (Lipinski definition) is 1. The molecule has 2 N–H and O–H groups in total. The van der Waals surface area contributed by atoms with E-state index in [4.69, 9.17) is 17.3 Å². The Kier molecular flexibility index (Phi) is 4.16. The largest absolute Gasteiger partial charge is 0.337 e. The molecule has 1 saturated heterocycles. The molecule has 106 valence electrons. The van der Waals surface area contributed by atoms with Crippen molar-refractivity contribution in [3.05, 3.63) is 16.4 Å². The monoisotopic (exact) mass is 284 g/mol. The minimum Gasteiger partial charge on any atom is -0.337 e. The molecule has 0 unspecified atom stereocenters. The summed E-state index contributed by atoms with van der Waals surface area (Å²) in [6.45, 7) is 5.37. The van der Waals surface area contributed by atoms with Gasteiger partial charge in [-0.05, 0) is 18.8 Å². The van der Waals surface area contributed by atoms with E-state index in [1.807, 2.05) is 13.8 Å². The number of amides is 1. The van der Waals surface area contributed by atoms with Gasteiger partial charge in [-0.3, -0.25) is 9.48 Å². The van der Waals surface area contributed by atoms with E-state index in [9.17, 15) is 4.79 Å². The molecule has 0 spiro atoms. The van der Waals surface area contributed by atoms with Crippen LogP contribution in [-0.2, 0) is 7.05 Å². The zero-order valence-electron chi connectivity index (χ0n) is 11.7. The molecule has 19 heavy (non-hydrogen) atoms. The number of carbonyl (C=O) groups is 1. The van der Waals surface area contributed by atoms with Crippen molar-refractivity contribution in [2.45, 2.75) is 38.6 Å². The van der Waals surface area contributed by atoms with Gasteiger partial charge in [-0.2, -0.15) is 5.10 Å². The fourth-order valence-corrected chi connectivity index (χ4v) is 2.69. The Balaban J connectivity index is 2.32. The Morgan fingerprint density at radius 1 is 1.53 bits per heavy atom. The molecule has 1 aromatic rings. The summed E-state index contributed by atoms with van der Waals surface area (Å²) in [5, 5.41) is 4.76. The van der Waals surface area contributed by atoms with Crippen LogP contribution >= 0.6 is 11.6 Å². The molecule has 1 aliphatic heterocycles. The number of nitrogens with zero attached hydrogens (tertiary/aromatic N) is 3. The highest BCUT2D eigenvalue weighted by Gasteiger charge is 2.29. The maximum Gasteiger partial charge on any atom is 0.258 e. The van der Waals surface area contributed by atoms with Crippen LogP contribution in [0.15, 0.2) is 0 Å². The molecule has 0 aliphatic carbocycles. The van der Waals surface area contributed by atoms with Gasteiger partial charge in [0.25, 0.3) is 5.91 Å². The average molecular weight is 285 g/mol. The Labute approximate surface area is 118 Å². The van der Waals surface area contributed by atoms with Crippen LogP contribution in [0.25, 0.3) is 0 Å². The predicted molar refractivity (Wildman–Crippen MR) is 75.4 cm³/mol. The first-order chi connectivity index (χ1) is 8.91. The topological polar surface area (TPSA) is 64.2 Å². The fraction of sp³-hybridized carbons (Fsp3) is 0.692. The summed E-state index contributed by atoms with van der Waals surface area (Å²) in [5.41, 5.74) is 7.23. The Morgan fingerprint density at radius 2 is 2.21 bits per heavy atom. The summed E-state index contributed by atoms with van der Waals surface area (Å²) in [7, 11) is 1.76. The lowest BCUT2D eigenvalue weighted by Crippen LogP contribution is -2.45. The lowest BCUT2D eigenvalue weighted by molar-refractivity contribution is 0.0707. The minimum atomic E-state index is -0.0445. The summed E-state index contributed by atoms with van der Waals surface area (Å²) >= 11 is 6.23. The van der Waals surface area contributed by atoms with Crippen molar-refractivity contribution in [3.8, 4) is 0 Å². The van der Waals surface area contributed by atoms with E-state index < -0.39 is 0 Å². The summed E-state index contributed by atoms with van der Waals surface area (Å²) in [5.74, 6) is 0.119. The number of nitrogens with two attached hydrogens (primary N) is 1. The molecule has 1 atom stereocenters. The first-order valence-corrected chi connectivity index (χ1v) is 7.06. The maximum atomic E-state index is 12.6. The Hall–Kier alpha value is -1.07. The average Bonchev–Trinajstić information content (AvgIpc) is 2.65. The molecule has 2 heterocycles. The van der Waals surface area contributed by atoms with E-state index in [-0.39, 0.29) is 17.9 Å². The molecule has 6 heteroatoms. The number of aromatic nitrogens is 2. The van der Waals surface area contributed by atoms with Gasteiger partial charge in [0.05, 0.1) is 11.3 Å². The van der Waals surface area contributed by atoms with Gasteiger partial charge in [0.15, 0.2) is 0 Å². The van der Waals surface area contributed by atoms with Crippen LogP contribution in [0.3, 0.4) is 0 Å². The molecule has 0 aromatic carbocycles. The number of hydrogen-bond acceptors (Lipinski definition) is 3. The highest BCUT2D eigenvalue weighted by atomic mass is 35.5. The SMILES string of the molecule is CC(C)c1nn(C)c(Cl)c1C(=O)N1CCC[C@H](N)C1. The zero-order chi connectivity index (χ0) is 14.2. The molecular weight excluding hydrogens is 264 g/mol. The summed E-state index contributed by atoms with van der Waals surface area (Å²) in [6.07, 6.45) is 1.92. The number of likely N-dealkylation sites (tertiary alicyclic amines) is 1. The van der Waals surface area contributed by atoms with E-state index >= 15 is 0 Å². The van der Waals surface area contributed by atoms with Crippen LogP contribution in [0.2, 0.25) is 5.15 Å². The van der Waals surface area contributed by atoms with Crippen molar-refractivity contribution in [1.82, 2.24) is 14.7 Å². The van der Waals surface area contributed by atoms with Gasteiger partial charge < -0.3 is 10.6 Å². The molecule has 1 aliphatic rings. The highest BCUT2D eigenvalue weighted by molar-refractivity contribution is 6.33. The Bertz CT molecular complexity index is 483. The van der Waals surface area contributed by atoms with E-state index in [0.29, 0.717) is 17.3 Å². The third kappa shape index (κ3) is 2.77. The second-order valence-corrected chi connectivity index (χ2v) is 5.84. The van der Waals surface area contributed by atoms with Crippen LogP contribution < -0.4 is 5.73 Å². The summed E-state index contributed by atoms with van der Waals surface area (Å²) in [6, 6.07) is 0.0654. The van der Waals surface area contributed by atoms with Gasteiger partial charge in [-0.1, -0.05) is 25.4 Å². The molecular formula is C13H21ClN4O. The van der Waals surface area contributed by atoms with Crippen LogP contribution in [-0.4, -0.2) is 39.7 Å². The second-order valence-electron chi connectivity index (χ2n) is 5.48. The minimum absolute atomic E-state index is 0.0445. The van der Waals surface area contributed by atoms with Crippen LogP contribution in [0, 0.1) is 0 Å². The highest BCUT2D eigenvalue weighted by Crippen LogP contribution is 2.27. The molecule has 0 radical (unpaired) electrons. The molecule has 0 saturated carbocycles. The lowest BCUT2D eigenvalue weighted by Gasteiger charge is -2.31. The van der Waals surface area contributed by atoms with Gasteiger partial charge in [0.2, 0.25) is 0 Å². The van der Waals surface area contributed by atoms with E-state index in [1.54, 1.807) is 16.6 Å². The van der Waals surface area contributed by atoms with Gasteiger partial charge in [-0.25, -0.2) is 0 Å². The van der Waals surface area contributed by atoms with Crippen LogP contribution in [0.5, 0.6) is 0 Å². The molecule has 5 nitrogen and oxygen atoms in total. The van der Waals surface area contributed by atoms with E-state index in [2.05, 4.69) is 5.10 Å². The number of halogens is 1. The third-order valence-electron chi connectivity index (χ3n) is 3.51. The molecule has 1 fully saturated rings. The molecule has 2 rings (SSSR count). The van der Waals surface area contributed by atoms with E-state index in [0.717, 1.165) is 25.1 Å². The van der Waals surface area contributed by atoms with Gasteiger partial charge in [-0.15, -0.1) is 0 Å². The smallest absolute Gasteiger partial charge is 0.258 e. The van der Waals surface area contributed by atoms with Crippen molar-refractivity contribution >= 4 is 17.5 Å². The molecule has 1 aromatic heterocycles. The molecule has 0 bridgehead atoms. The normalized spacial score (nSPS) is 20.1. The van der Waals surface area contributed by atoms with E-state index in [1.165, 1.54) is 0 Å². The Morgan fingerprint density at radius 3 is 2.79 bits per heavy atom.